The van der Waals surface area contributed by atoms with E-state index in [-0.39, 0.29) is 0 Å². The highest BCUT2D eigenvalue weighted by Crippen LogP contribution is 2.41. The van der Waals surface area contributed by atoms with E-state index in [1.807, 2.05) is 6.92 Å². The van der Waals surface area contributed by atoms with Gasteiger partial charge in [0.05, 0.1) is 5.69 Å². The highest BCUT2D eigenvalue weighted by atomic mass is 79.9. The molecule has 1 aromatic carbocycles. The summed E-state index contributed by atoms with van der Waals surface area (Å²) in [5.74, 6) is -1.29. The molecule has 0 saturated heterocycles. The van der Waals surface area contributed by atoms with Gasteiger partial charge in [-0.2, -0.15) is 0 Å². The Hall–Kier alpha value is -1.40. The van der Waals surface area contributed by atoms with E-state index in [0.717, 1.165) is 12.8 Å². The lowest BCUT2D eigenvalue weighted by Crippen LogP contribution is -2.51. The van der Waals surface area contributed by atoms with Crippen molar-refractivity contribution >= 4 is 33.4 Å². The van der Waals surface area contributed by atoms with E-state index >= 15 is 0 Å². The number of carbonyl (C=O) groups is 2. The summed E-state index contributed by atoms with van der Waals surface area (Å²) in [5, 5.41) is 13.3. The van der Waals surface area contributed by atoms with Gasteiger partial charge in [0.1, 0.15) is 0 Å². The molecule has 1 atom stereocenters. The molecule has 5 nitrogen and oxygen atoms in total. The molecule has 2 rings (SSSR count). The number of likely N-dealkylation sites (N-methyl/N-ethyl adjacent to an activating group) is 1. The number of rotatable bonds is 4. The molecule has 0 bridgehead atoms. The third-order valence-corrected chi connectivity index (χ3v) is 3.96. The minimum Gasteiger partial charge on any atom is -0.368 e. The zero-order valence-electron chi connectivity index (χ0n) is 11.4. The van der Waals surface area contributed by atoms with E-state index in [1.165, 1.54) is 4.90 Å². The van der Waals surface area contributed by atoms with E-state index in [4.69, 9.17) is 0 Å². The van der Waals surface area contributed by atoms with Gasteiger partial charge in [-0.1, -0.05) is 29.3 Å². The normalized spacial score (nSPS) is 21.0. The zero-order valence-corrected chi connectivity index (χ0v) is 13.0. The van der Waals surface area contributed by atoms with Crippen molar-refractivity contribution in [1.82, 2.24) is 5.32 Å². The highest BCUT2D eigenvalue weighted by molar-refractivity contribution is 9.10. The Kier molecular flexibility index (Phi) is 4.15. The molecule has 0 aliphatic carbocycles. The van der Waals surface area contributed by atoms with Crippen molar-refractivity contribution in [2.75, 3.05) is 18.5 Å². The van der Waals surface area contributed by atoms with Crippen LogP contribution in [0.3, 0.4) is 0 Å². The first-order chi connectivity index (χ1) is 9.42. The first kappa shape index (κ1) is 15.0. The molecule has 1 heterocycles. The number of aliphatic hydroxyl groups is 1. The second kappa shape index (κ2) is 5.54. The molecular weight excluding hydrogens is 324 g/mol. The summed E-state index contributed by atoms with van der Waals surface area (Å²) >= 11 is 3.30. The second-order valence-corrected chi connectivity index (χ2v) is 5.76. The zero-order chi connectivity index (χ0) is 14.9. The predicted octanol–water partition coefficient (Wildman–Crippen LogP) is 1.53. The highest BCUT2D eigenvalue weighted by Gasteiger charge is 2.54. The van der Waals surface area contributed by atoms with Crippen molar-refractivity contribution in [3.63, 3.8) is 0 Å². The van der Waals surface area contributed by atoms with Crippen LogP contribution in [-0.4, -0.2) is 30.5 Å². The van der Waals surface area contributed by atoms with Gasteiger partial charge in [-0.25, -0.2) is 0 Å². The fourth-order valence-electron chi connectivity index (χ4n) is 2.28. The van der Waals surface area contributed by atoms with Gasteiger partial charge >= 0.3 is 0 Å². The predicted molar refractivity (Wildman–Crippen MR) is 79.4 cm³/mol. The standard InChI is InChI=1S/C14H17BrN2O3/c1-3-4-7-16-12(18)14(20)10-8-9(15)5-6-11(10)17(2)13(14)19/h5-6,8,20H,3-4,7H2,1-2H3,(H,16,18). The summed E-state index contributed by atoms with van der Waals surface area (Å²) in [6, 6.07) is 5.08. The Morgan fingerprint density at radius 3 is 2.85 bits per heavy atom. The Morgan fingerprint density at radius 2 is 2.20 bits per heavy atom. The van der Waals surface area contributed by atoms with Gasteiger partial charge in [0.2, 0.25) is 0 Å². The van der Waals surface area contributed by atoms with Crippen molar-refractivity contribution in [2.45, 2.75) is 25.4 Å². The summed E-state index contributed by atoms with van der Waals surface area (Å²) in [4.78, 5) is 25.8. The number of halogens is 1. The van der Waals surface area contributed by atoms with Gasteiger partial charge in [0.15, 0.2) is 0 Å². The minimum atomic E-state index is -2.14. The molecular formula is C14H17BrN2O3. The van der Waals surface area contributed by atoms with Crippen LogP contribution in [-0.2, 0) is 15.2 Å². The quantitative estimate of drug-likeness (QED) is 0.645. The Bertz CT molecular complexity index is 561. The SMILES string of the molecule is CCCCNC(=O)C1(O)C(=O)N(C)c2ccc(Br)cc21. The Balaban J connectivity index is 2.38. The number of unbranched alkanes of at least 4 members (excludes halogenated alkanes) is 1. The van der Waals surface area contributed by atoms with Crippen molar-refractivity contribution in [3.05, 3.63) is 28.2 Å². The van der Waals surface area contributed by atoms with Crippen molar-refractivity contribution in [1.29, 1.82) is 0 Å². The van der Waals surface area contributed by atoms with Gasteiger partial charge < -0.3 is 15.3 Å². The van der Waals surface area contributed by atoms with Crippen LogP contribution >= 0.6 is 15.9 Å². The molecule has 6 heteroatoms. The summed E-state index contributed by atoms with van der Waals surface area (Å²) in [5.41, 5.74) is -1.28. The van der Waals surface area contributed by atoms with Crippen LogP contribution in [0.25, 0.3) is 0 Å². The number of hydrogen-bond acceptors (Lipinski definition) is 3. The third kappa shape index (κ3) is 2.23. The van der Waals surface area contributed by atoms with Crippen LogP contribution in [0.1, 0.15) is 25.3 Å². The van der Waals surface area contributed by atoms with E-state index in [2.05, 4.69) is 21.2 Å². The van der Waals surface area contributed by atoms with E-state index < -0.39 is 17.4 Å². The van der Waals surface area contributed by atoms with Gasteiger partial charge in [0, 0.05) is 23.6 Å². The first-order valence-electron chi connectivity index (χ1n) is 6.51. The minimum absolute atomic E-state index is 0.313. The first-order valence-corrected chi connectivity index (χ1v) is 7.31. The van der Waals surface area contributed by atoms with Gasteiger partial charge in [-0.15, -0.1) is 0 Å². The molecule has 0 aromatic heterocycles. The van der Waals surface area contributed by atoms with Crippen LogP contribution < -0.4 is 10.2 Å². The molecule has 20 heavy (non-hydrogen) atoms. The molecule has 108 valence electrons. The molecule has 0 spiro atoms. The molecule has 1 aromatic rings. The van der Waals surface area contributed by atoms with Gasteiger partial charge in [-0.05, 0) is 24.6 Å². The summed E-state index contributed by atoms with van der Waals surface area (Å²) < 4.78 is 0.708. The fourth-order valence-corrected chi connectivity index (χ4v) is 2.64. The Labute approximate surface area is 126 Å². The number of carbonyl (C=O) groups excluding carboxylic acids is 2. The maximum absolute atomic E-state index is 12.3. The van der Waals surface area contributed by atoms with Crippen molar-refractivity contribution < 1.29 is 14.7 Å². The number of hydrogen-bond donors (Lipinski definition) is 2. The molecule has 2 amide bonds. The molecule has 0 saturated carbocycles. The van der Waals surface area contributed by atoms with Gasteiger partial charge in [-0.3, -0.25) is 9.59 Å². The molecule has 0 radical (unpaired) electrons. The molecule has 1 unspecified atom stereocenters. The largest absolute Gasteiger partial charge is 0.368 e. The van der Waals surface area contributed by atoms with E-state index in [0.29, 0.717) is 22.3 Å². The average Bonchev–Trinajstić information content (AvgIpc) is 2.62. The Morgan fingerprint density at radius 1 is 1.50 bits per heavy atom. The van der Waals surface area contributed by atoms with Crippen LogP contribution in [0, 0.1) is 0 Å². The summed E-state index contributed by atoms with van der Waals surface area (Å²) in [6.07, 6.45) is 1.73. The maximum Gasteiger partial charge on any atom is 0.273 e. The number of nitrogens with zero attached hydrogens (tertiary/aromatic N) is 1. The maximum atomic E-state index is 12.3. The van der Waals surface area contributed by atoms with Crippen LogP contribution in [0.4, 0.5) is 5.69 Å². The number of anilines is 1. The third-order valence-electron chi connectivity index (χ3n) is 3.47. The molecule has 2 N–H and O–H groups in total. The van der Waals surface area contributed by atoms with Gasteiger partial charge in [0.25, 0.3) is 17.4 Å². The lowest BCUT2D eigenvalue weighted by atomic mass is 9.94. The molecule has 1 aliphatic rings. The summed E-state index contributed by atoms with van der Waals surface area (Å²) in [7, 11) is 1.55. The van der Waals surface area contributed by atoms with Crippen molar-refractivity contribution in [2.24, 2.45) is 0 Å². The van der Waals surface area contributed by atoms with E-state index in [1.54, 1.807) is 25.2 Å². The topological polar surface area (TPSA) is 69.6 Å². The van der Waals surface area contributed by atoms with Crippen LogP contribution in [0.5, 0.6) is 0 Å². The van der Waals surface area contributed by atoms with Crippen molar-refractivity contribution in [3.8, 4) is 0 Å². The number of nitrogens with one attached hydrogen (secondary N) is 1. The lowest BCUT2D eigenvalue weighted by molar-refractivity contribution is -0.151. The number of benzene rings is 1. The second-order valence-electron chi connectivity index (χ2n) is 4.85. The lowest BCUT2D eigenvalue weighted by Gasteiger charge is -2.21. The summed E-state index contributed by atoms with van der Waals surface area (Å²) in [6.45, 7) is 2.44. The van der Waals surface area contributed by atoms with Crippen LogP contribution in [0.2, 0.25) is 0 Å². The smallest absolute Gasteiger partial charge is 0.273 e. The number of amides is 2. The molecule has 0 fully saturated rings. The van der Waals surface area contributed by atoms with E-state index in [9.17, 15) is 14.7 Å². The fraction of sp³-hybridized carbons (Fsp3) is 0.429. The monoisotopic (exact) mass is 340 g/mol. The van der Waals surface area contributed by atoms with Crippen LogP contribution in [0.15, 0.2) is 22.7 Å². The number of fused-ring (bicyclic) bond motifs is 1. The molecule has 1 aliphatic heterocycles. The average molecular weight is 341 g/mol.